The average Bonchev–Trinajstić information content (AvgIpc) is 2.26. The Morgan fingerprint density at radius 2 is 2.20 bits per heavy atom. The number of nitrogens with zero attached hydrogens (tertiary/aromatic N) is 2. The van der Waals surface area contributed by atoms with Crippen LogP contribution in [-0.4, -0.2) is 68.3 Å². The number of likely N-dealkylation sites (N-methyl/N-ethyl adjacent to an activating group) is 1. The van der Waals surface area contributed by atoms with Crippen molar-refractivity contribution in [3.63, 3.8) is 0 Å². The highest BCUT2D eigenvalue weighted by Gasteiger charge is 2.23. The highest BCUT2D eigenvalue weighted by Crippen LogP contribution is 2.09. The molecule has 0 aromatic carbocycles. The Bertz CT molecular complexity index is 173. The zero-order valence-electron chi connectivity index (χ0n) is 10.3. The van der Waals surface area contributed by atoms with Crippen LogP contribution in [0.5, 0.6) is 0 Å². The fourth-order valence-electron chi connectivity index (χ4n) is 2.24. The maximum atomic E-state index is 5.63. The molecule has 2 atom stereocenters. The third-order valence-corrected chi connectivity index (χ3v) is 3.31. The number of nitrogens with two attached hydrogens (primary N) is 1. The van der Waals surface area contributed by atoms with E-state index in [1.807, 2.05) is 0 Å². The van der Waals surface area contributed by atoms with E-state index in [1.165, 1.54) is 6.54 Å². The van der Waals surface area contributed by atoms with Gasteiger partial charge in [-0.3, -0.25) is 9.80 Å². The summed E-state index contributed by atoms with van der Waals surface area (Å²) in [5, 5.41) is 0. The van der Waals surface area contributed by atoms with Gasteiger partial charge >= 0.3 is 0 Å². The van der Waals surface area contributed by atoms with Gasteiger partial charge in [-0.1, -0.05) is 6.92 Å². The second kappa shape index (κ2) is 6.43. The van der Waals surface area contributed by atoms with E-state index in [0.29, 0.717) is 12.6 Å². The lowest BCUT2D eigenvalue weighted by atomic mass is 10.2. The van der Waals surface area contributed by atoms with Gasteiger partial charge in [-0.25, -0.2) is 0 Å². The summed E-state index contributed by atoms with van der Waals surface area (Å²) in [7, 11) is 1.74. The third kappa shape index (κ3) is 3.72. The van der Waals surface area contributed by atoms with Gasteiger partial charge in [0.15, 0.2) is 0 Å². The molecule has 1 fully saturated rings. The number of hydrogen-bond donors (Lipinski definition) is 1. The fraction of sp³-hybridized carbons (Fsp3) is 1.00. The second-order valence-corrected chi connectivity index (χ2v) is 4.33. The average molecular weight is 215 g/mol. The van der Waals surface area contributed by atoms with Gasteiger partial charge in [0, 0.05) is 45.9 Å². The molecule has 0 amide bonds. The first-order valence-electron chi connectivity index (χ1n) is 5.90. The summed E-state index contributed by atoms with van der Waals surface area (Å²) >= 11 is 0. The van der Waals surface area contributed by atoms with E-state index in [4.69, 9.17) is 10.5 Å². The quantitative estimate of drug-likeness (QED) is 0.700. The Hall–Kier alpha value is -0.160. The molecule has 15 heavy (non-hydrogen) atoms. The monoisotopic (exact) mass is 215 g/mol. The first-order valence-corrected chi connectivity index (χ1v) is 5.90. The molecule has 0 saturated carbocycles. The molecule has 0 spiro atoms. The molecule has 1 heterocycles. The Morgan fingerprint density at radius 3 is 2.67 bits per heavy atom. The van der Waals surface area contributed by atoms with Crippen LogP contribution in [-0.2, 0) is 4.74 Å². The maximum Gasteiger partial charge on any atom is 0.0820 e. The minimum absolute atomic E-state index is 0.186. The van der Waals surface area contributed by atoms with Gasteiger partial charge in [-0.05, 0) is 13.5 Å². The summed E-state index contributed by atoms with van der Waals surface area (Å²) in [6.07, 6.45) is 0.186. The van der Waals surface area contributed by atoms with E-state index in [1.54, 1.807) is 7.11 Å². The van der Waals surface area contributed by atoms with E-state index in [-0.39, 0.29) is 6.10 Å². The van der Waals surface area contributed by atoms with E-state index < -0.39 is 0 Å². The first kappa shape index (κ1) is 12.9. The van der Waals surface area contributed by atoms with Crippen molar-refractivity contribution < 1.29 is 4.74 Å². The summed E-state index contributed by atoms with van der Waals surface area (Å²) in [6, 6.07) is 0.652. The van der Waals surface area contributed by atoms with Gasteiger partial charge in [0.05, 0.1) is 6.10 Å². The molecule has 0 aliphatic carbocycles. The molecule has 4 nitrogen and oxygen atoms in total. The number of rotatable bonds is 5. The van der Waals surface area contributed by atoms with Crippen LogP contribution in [0.1, 0.15) is 13.8 Å². The highest BCUT2D eigenvalue weighted by molar-refractivity contribution is 4.80. The van der Waals surface area contributed by atoms with Crippen LogP contribution in [0.3, 0.4) is 0 Å². The predicted molar refractivity (Wildman–Crippen MR) is 63.0 cm³/mol. The van der Waals surface area contributed by atoms with E-state index >= 15 is 0 Å². The smallest absolute Gasteiger partial charge is 0.0820 e. The molecule has 1 aliphatic heterocycles. The fourth-order valence-corrected chi connectivity index (χ4v) is 2.24. The molecule has 0 aromatic rings. The van der Waals surface area contributed by atoms with E-state index in [2.05, 4.69) is 23.6 Å². The second-order valence-electron chi connectivity index (χ2n) is 4.33. The van der Waals surface area contributed by atoms with Crippen molar-refractivity contribution in [3.05, 3.63) is 0 Å². The summed E-state index contributed by atoms with van der Waals surface area (Å²) in [4.78, 5) is 4.97. The standard InChI is InChI=1S/C11H25N3O/c1-4-14-6-5-13(8-10(14)2)9-11(7-12)15-3/h10-11H,4-9,12H2,1-3H3. The van der Waals surface area contributed by atoms with Gasteiger partial charge in [0.1, 0.15) is 0 Å². The van der Waals surface area contributed by atoms with Crippen molar-refractivity contribution in [2.75, 3.05) is 46.4 Å². The van der Waals surface area contributed by atoms with Crippen molar-refractivity contribution >= 4 is 0 Å². The van der Waals surface area contributed by atoms with Gasteiger partial charge in [0.2, 0.25) is 0 Å². The molecule has 1 rings (SSSR count). The molecule has 1 aliphatic rings. The molecule has 0 bridgehead atoms. The van der Waals surface area contributed by atoms with Crippen LogP contribution < -0.4 is 5.73 Å². The lowest BCUT2D eigenvalue weighted by Crippen LogP contribution is -2.53. The number of methoxy groups -OCH3 is 1. The Labute approximate surface area is 93.4 Å². The molecular formula is C11H25N3O. The van der Waals surface area contributed by atoms with Gasteiger partial charge < -0.3 is 10.5 Å². The van der Waals surface area contributed by atoms with Gasteiger partial charge in [-0.15, -0.1) is 0 Å². The SMILES string of the molecule is CCN1CCN(CC(CN)OC)CC1C. The van der Waals surface area contributed by atoms with Crippen LogP contribution in [0.25, 0.3) is 0 Å². The van der Waals surface area contributed by atoms with Crippen molar-refractivity contribution in [3.8, 4) is 0 Å². The normalized spacial score (nSPS) is 26.8. The number of hydrogen-bond acceptors (Lipinski definition) is 4. The van der Waals surface area contributed by atoms with Crippen LogP contribution in [0.4, 0.5) is 0 Å². The summed E-state index contributed by atoms with van der Waals surface area (Å²) in [5.41, 5.74) is 5.63. The van der Waals surface area contributed by atoms with E-state index in [0.717, 1.165) is 26.2 Å². The van der Waals surface area contributed by atoms with Crippen LogP contribution in [0.2, 0.25) is 0 Å². The molecule has 90 valence electrons. The Morgan fingerprint density at radius 1 is 1.47 bits per heavy atom. The predicted octanol–water partition coefficient (Wildman–Crippen LogP) is -0.0139. The highest BCUT2D eigenvalue weighted by atomic mass is 16.5. The largest absolute Gasteiger partial charge is 0.379 e. The van der Waals surface area contributed by atoms with Gasteiger partial charge in [-0.2, -0.15) is 0 Å². The lowest BCUT2D eigenvalue weighted by Gasteiger charge is -2.40. The lowest BCUT2D eigenvalue weighted by molar-refractivity contribution is 0.0308. The van der Waals surface area contributed by atoms with Crippen LogP contribution >= 0.6 is 0 Å². The molecule has 4 heteroatoms. The zero-order chi connectivity index (χ0) is 11.3. The minimum Gasteiger partial charge on any atom is -0.379 e. The van der Waals surface area contributed by atoms with Crippen LogP contribution in [0, 0.1) is 0 Å². The van der Waals surface area contributed by atoms with Crippen LogP contribution in [0.15, 0.2) is 0 Å². The first-order chi connectivity index (χ1) is 7.21. The van der Waals surface area contributed by atoms with Crippen molar-refractivity contribution in [2.24, 2.45) is 5.73 Å². The summed E-state index contributed by atoms with van der Waals surface area (Å²) in [6.45, 7) is 10.7. The van der Waals surface area contributed by atoms with Crippen molar-refractivity contribution in [1.29, 1.82) is 0 Å². The summed E-state index contributed by atoms with van der Waals surface area (Å²) < 4.78 is 5.31. The third-order valence-electron chi connectivity index (χ3n) is 3.31. The van der Waals surface area contributed by atoms with Crippen molar-refractivity contribution in [1.82, 2.24) is 9.80 Å². The number of ether oxygens (including phenoxy) is 1. The molecule has 0 radical (unpaired) electrons. The van der Waals surface area contributed by atoms with Gasteiger partial charge in [0.25, 0.3) is 0 Å². The number of piperazine rings is 1. The summed E-state index contributed by atoms with van der Waals surface area (Å²) in [5.74, 6) is 0. The molecule has 0 aromatic heterocycles. The Balaban J connectivity index is 2.33. The maximum absolute atomic E-state index is 5.63. The molecule has 2 unspecified atom stereocenters. The molecule has 2 N–H and O–H groups in total. The zero-order valence-corrected chi connectivity index (χ0v) is 10.3. The molecule has 1 saturated heterocycles. The van der Waals surface area contributed by atoms with E-state index in [9.17, 15) is 0 Å². The topological polar surface area (TPSA) is 41.7 Å². The minimum atomic E-state index is 0.186. The molecular weight excluding hydrogens is 190 g/mol. The Kier molecular flexibility index (Phi) is 5.53. The van der Waals surface area contributed by atoms with Crippen molar-refractivity contribution in [2.45, 2.75) is 26.0 Å².